The van der Waals surface area contributed by atoms with E-state index in [4.69, 9.17) is 14.2 Å². The summed E-state index contributed by atoms with van der Waals surface area (Å²) in [5, 5.41) is 8.98. The van der Waals surface area contributed by atoms with Gasteiger partial charge in [-0.25, -0.2) is 0 Å². The quantitative estimate of drug-likeness (QED) is 0.279. The van der Waals surface area contributed by atoms with Crippen LogP contribution in [-0.2, 0) is 4.74 Å². The molecule has 31 heavy (non-hydrogen) atoms. The van der Waals surface area contributed by atoms with Crippen LogP contribution >= 0.6 is 35.3 Å². The lowest BCUT2D eigenvalue weighted by atomic mass is 10.2. The number of hydrogen-bond donors (Lipinski definition) is 2. The molecule has 172 valence electrons. The van der Waals surface area contributed by atoms with Crippen molar-refractivity contribution in [1.82, 2.24) is 15.5 Å². The largest absolute Gasteiger partial charge is 0.497 e. The van der Waals surface area contributed by atoms with E-state index < -0.39 is 0 Å². The second kappa shape index (κ2) is 13.8. The number of rotatable bonds is 9. The predicted molar refractivity (Wildman–Crippen MR) is 137 cm³/mol. The molecule has 2 unspecified atom stereocenters. The lowest BCUT2D eigenvalue weighted by Crippen LogP contribution is -2.47. The molecule has 0 aliphatic carbocycles. The summed E-state index contributed by atoms with van der Waals surface area (Å²) in [5.74, 6) is 2.34. The van der Waals surface area contributed by atoms with Crippen molar-refractivity contribution in [2.75, 3.05) is 53.6 Å². The molecule has 9 heteroatoms. The minimum Gasteiger partial charge on any atom is -0.497 e. The number of ether oxygens (including phenoxy) is 3. The summed E-state index contributed by atoms with van der Waals surface area (Å²) < 4.78 is 16.8. The lowest BCUT2D eigenvalue weighted by molar-refractivity contribution is 0.0177. The zero-order valence-electron chi connectivity index (χ0n) is 18.4. The van der Waals surface area contributed by atoms with Gasteiger partial charge in [0.15, 0.2) is 5.96 Å². The van der Waals surface area contributed by atoms with Gasteiger partial charge in [0, 0.05) is 37.6 Å². The average Bonchev–Trinajstić information content (AvgIpc) is 3.31. The Morgan fingerprint density at radius 1 is 1.16 bits per heavy atom. The smallest absolute Gasteiger partial charge is 0.191 e. The fourth-order valence-electron chi connectivity index (χ4n) is 3.38. The molecule has 0 spiro atoms. The number of morpholine rings is 1. The fourth-order valence-corrected chi connectivity index (χ4v) is 4.24. The molecule has 1 aliphatic heterocycles. The van der Waals surface area contributed by atoms with E-state index >= 15 is 0 Å². The van der Waals surface area contributed by atoms with Crippen LogP contribution in [-0.4, -0.2) is 70.5 Å². The Labute approximate surface area is 206 Å². The van der Waals surface area contributed by atoms with Gasteiger partial charge in [-0.1, -0.05) is 12.1 Å². The Morgan fingerprint density at radius 3 is 2.58 bits per heavy atom. The number of benzene rings is 1. The van der Waals surface area contributed by atoms with Crippen LogP contribution in [0.2, 0.25) is 0 Å². The van der Waals surface area contributed by atoms with Gasteiger partial charge in [0.05, 0.1) is 32.9 Å². The number of halogens is 1. The second-order valence-electron chi connectivity index (χ2n) is 7.12. The average molecular weight is 561 g/mol. The highest BCUT2D eigenvalue weighted by atomic mass is 127. The molecule has 2 aromatic rings. The van der Waals surface area contributed by atoms with Crippen molar-refractivity contribution in [3.05, 3.63) is 46.7 Å². The summed E-state index contributed by atoms with van der Waals surface area (Å²) in [6, 6.07) is 12.3. The summed E-state index contributed by atoms with van der Waals surface area (Å²) in [6.45, 7) is 6.91. The van der Waals surface area contributed by atoms with Gasteiger partial charge < -0.3 is 24.8 Å². The third-order valence-corrected chi connectivity index (χ3v) is 5.95. The van der Waals surface area contributed by atoms with Crippen LogP contribution in [0.15, 0.2) is 46.8 Å². The topological polar surface area (TPSA) is 67.4 Å². The van der Waals surface area contributed by atoms with Gasteiger partial charge in [0.1, 0.15) is 17.6 Å². The first-order valence-corrected chi connectivity index (χ1v) is 11.2. The zero-order chi connectivity index (χ0) is 21.2. The molecule has 0 bridgehead atoms. The molecule has 2 atom stereocenters. The second-order valence-corrected chi connectivity index (χ2v) is 8.10. The van der Waals surface area contributed by atoms with Crippen LogP contribution < -0.4 is 20.1 Å². The van der Waals surface area contributed by atoms with Crippen molar-refractivity contribution >= 4 is 41.3 Å². The van der Waals surface area contributed by atoms with E-state index in [-0.39, 0.29) is 30.1 Å². The molecule has 0 saturated carbocycles. The summed E-state index contributed by atoms with van der Waals surface area (Å²) in [5.41, 5.74) is 0. The molecule has 7 nitrogen and oxygen atoms in total. The maximum Gasteiger partial charge on any atom is 0.191 e. The summed E-state index contributed by atoms with van der Waals surface area (Å²) >= 11 is 1.79. The van der Waals surface area contributed by atoms with Gasteiger partial charge in [-0.3, -0.25) is 9.89 Å². The van der Waals surface area contributed by atoms with Gasteiger partial charge >= 0.3 is 0 Å². The molecular formula is C22H33IN4O3S. The van der Waals surface area contributed by atoms with Gasteiger partial charge in [-0.05, 0) is 30.5 Å². The molecular weight excluding hydrogens is 527 g/mol. The van der Waals surface area contributed by atoms with Crippen LogP contribution in [0.4, 0.5) is 0 Å². The van der Waals surface area contributed by atoms with Crippen molar-refractivity contribution in [1.29, 1.82) is 0 Å². The molecule has 0 amide bonds. The molecule has 1 saturated heterocycles. The van der Waals surface area contributed by atoms with E-state index in [1.54, 1.807) is 25.5 Å². The monoisotopic (exact) mass is 560 g/mol. The van der Waals surface area contributed by atoms with Gasteiger partial charge in [-0.15, -0.1) is 35.3 Å². The highest BCUT2D eigenvalue weighted by Crippen LogP contribution is 2.25. The summed E-state index contributed by atoms with van der Waals surface area (Å²) in [6.07, 6.45) is -0.0250. The van der Waals surface area contributed by atoms with Crippen LogP contribution in [0.3, 0.4) is 0 Å². The Kier molecular flexibility index (Phi) is 11.4. The maximum absolute atomic E-state index is 5.99. The minimum atomic E-state index is -0.0250. The van der Waals surface area contributed by atoms with Gasteiger partial charge in [0.2, 0.25) is 0 Å². The number of aliphatic imine (C=N–C) groups is 1. The Morgan fingerprint density at radius 2 is 1.90 bits per heavy atom. The van der Waals surface area contributed by atoms with Gasteiger partial charge in [0.25, 0.3) is 0 Å². The Balaban J connectivity index is 0.00000341. The third kappa shape index (κ3) is 8.13. The molecule has 2 heterocycles. The SMILES string of the molecule is CN=C(NCC(C)Oc1cccc(OC)c1)NCC(c1cccs1)N1CCOCC1.I. The number of thiophene rings is 1. The van der Waals surface area contributed by atoms with Crippen molar-refractivity contribution in [2.24, 2.45) is 4.99 Å². The molecule has 2 N–H and O–H groups in total. The number of nitrogens with one attached hydrogen (secondary N) is 2. The summed E-state index contributed by atoms with van der Waals surface area (Å²) in [4.78, 5) is 8.20. The normalized spacial score (nSPS) is 16.7. The van der Waals surface area contributed by atoms with Crippen molar-refractivity contribution in [3.63, 3.8) is 0 Å². The van der Waals surface area contributed by atoms with Crippen LogP contribution in [0.1, 0.15) is 17.8 Å². The number of nitrogens with zero attached hydrogens (tertiary/aromatic N) is 2. The molecule has 1 aromatic carbocycles. The third-order valence-electron chi connectivity index (χ3n) is 4.98. The van der Waals surface area contributed by atoms with Crippen molar-refractivity contribution < 1.29 is 14.2 Å². The van der Waals surface area contributed by atoms with Crippen LogP contribution in [0.25, 0.3) is 0 Å². The van der Waals surface area contributed by atoms with Crippen LogP contribution in [0.5, 0.6) is 11.5 Å². The Hall–Kier alpha value is -1.56. The maximum atomic E-state index is 5.99. The highest BCUT2D eigenvalue weighted by Gasteiger charge is 2.23. The number of guanidine groups is 1. The van der Waals surface area contributed by atoms with E-state index in [2.05, 4.69) is 38.0 Å². The highest BCUT2D eigenvalue weighted by molar-refractivity contribution is 14.0. The van der Waals surface area contributed by atoms with E-state index in [1.807, 2.05) is 31.2 Å². The summed E-state index contributed by atoms with van der Waals surface area (Å²) in [7, 11) is 3.44. The van der Waals surface area contributed by atoms with E-state index in [0.29, 0.717) is 12.6 Å². The Bertz CT molecular complexity index is 785. The van der Waals surface area contributed by atoms with Crippen LogP contribution in [0, 0.1) is 0 Å². The van der Waals surface area contributed by atoms with Crippen molar-refractivity contribution in [3.8, 4) is 11.5 Å². The number of methoxy groups -OCH3 is 1. The first kappa shape index (κ1) is 25.7. The molecule has 3 rings (SSSR count). The lowest BCUT2D eigenvalue weighted by Gasteiger charge is -2.34. The first-order chi connectivity index (χ1) is 14.7. The van der Waals surface area contributed by atoms with E-state index in [9.17, 15) is 0 Å². The number of hydrogen-bond acceptors (Lipinski definition) is 6. The van der Waals surface area contributed by atoms with Crippen molar-refractivity contribution in [2.45, 2.75) is 19.1 Å². The molecule has 1 fully saturated rings. The molecule has 0 radical (unpaired) electrons. The van der Waals surface area contributed by atoms with E-state index in [0.717, 1.165) is 50.3 Å². The molecule has 1 aromatic heterocycles. The standard InChI is InChI=1S/C22H32N4O3S.HI/c1-17(29-19-7-4-6-18(14-19)27-3)15-24-22(23-2)25-16-20(21-8-5-13-30-21)26-9-11-28-12-10-26;/h4-8,13-14,17,20H,9-12,15-16H2,1-3H3,(H2,23,24,25);1H. The molecule has 1 aliphatic rings. The fraction of sp³-hybridized carbons (Fsp3) is 0.500. The first-order valence-electron chi connectivity index (χ1n) is 10.3. The van der Waals surface area contributed by atoms with Gasteiger partial charge in [-0.2, -0.15) is 0 Å². The predicted octanol–water partition coefficient (Wildman–Crippen LogP) is 3.38. The zero-order valence-corrected chi connectivity index (χ0v) is 21.5. The van der Waals surface area contributed by atoms with E-state index in [1.165, 1.54) is 4.88 Å². The minimum absolute atomic E-state index is 0.